The highest BCUT2D eigenvalue weighted by molar-refractivity contribution is 9.10. The summed E-state index contributed by atoms with van der Waals surface area (Å²) in [7, 11) is 0. The fourth-order valence-electron chi connectivity index (χ4n) is 1.03. The maximum absolute atomic E-state index is 12.1. The maximum Gasteiger partial charge on any atom is 0.288 e. The van der Waals surface area contributed by atoms with Crippen molar-refractivity contribution in [1.82, 2.24) is 0 Å². The first-order valence-corrected chi connectivity index (χ1v) is 5.48. The molecule has 0 unspecified atom stereocenters. The zero-order valence-electron chi connectivity index (χ0n) is 7.54. The van der Waals surface area contributed by atoms with E-state index in [-0.39, 0.29) is 5.69 Å². The third-order valence-corrected chi connectivity index (χ3v) is 3.35. The summed E-state index contributed by atoms with van der Waals surface area (Å²) in [5.41, 5.74) is 0.284. The van der Waals surface area contributed by atoms with Crippen LogP contribution in [0.5, 0.6) is 0 Å². The lowest BCUT2D eigenvalue weighted by atomic mass is 10.2. The summed E-state index contributed by atoms with van der Waals surface area (Å²) in [6.07, 6.45) is 0. The molecule has 0 aliphatic heterocycles. The number of nitrogens with zero attached hydrogens (tertiary/aromatic N) is 1. The lowest BCUT2D eigenvalue weighted by Gasteiger charge is -2.05. The van der Waals surface area contributed by atoms with Crippen LogP contribution >= 0.6 is 27.7 Å². The molecule has 15 heavy (non-hydrogen) atoms. The molecule has 0 atom stereocenters. The third kappa shape index (κ3) is 3.13. The Hall–Kier alpha value is -0.690. The Labute approximate surface area is 97.1 Å². The Bertz CT molecular complexity index is 400. The zero-order valence-corrected chi connectivity index (χ0v) is 9.94. The van der Waals surface area contributed by atoms with Gasteiger partial charge in [0.1, 0.15) is 0 Å². The lowest BCUT2D eigenvalue weighted by molar-refractivity contribution is -0.385. The third-order valence-electron chi connectivity index (χ3n) is 1.66. The predicted molar refractivity (Wildman–Crippen MR) is 57.4 cm³/mol. The molecule has 3 nitrogen and oxygen atoms in total. The van der Waals surface area contributed by atoms with Crippen molar-refractivity contribution in [3.8, 4) is 0 Å². The topological polar surface area (TPSA) is 43.1 Å². The van der Waals surface area contributed by atoms with E-state index in [0.717, 1.165) is 0 Å². The Balaban J connectivity index is 3.13. The van der Waals surface area contributed by atoms with Crippen molar-refractivity contribution in [2.24, 2.45) is 0 Å². The zero-order chi connectivity index (χ0) is 11.6. The molecule has 1 aromatic carbocycles. The van der Waals surface area contributed by atoms with Crippen molar-refractivity contribution in [2.45, 2.75) is 17.6 Å². The first-order valence-electron chi connectivity index (χ1n) is 3.81. The highest BCUT2D eigenvalue weighted by atomic mass is 79.9. The van der Waals surface area contributed by atoms with Crippen molar-refractivity contribution in [1.29, 1.82) is 0 Å². The van der Waals surface area contributed by atoms with Gasteiger partial charge in [0.25, 0.3) is 11.4 Å². The van der Waals surface area contributed by atoms with E-state index in [1.54, 1.807) is 0 Å². The number of nitro benzene ring substituents is 1. The smallest absolute Gasteiger partial charge is 0.258 e. The fourth-order valence-corrected chi connectivity index (χ4v) is 2.25. The summed E-state index contributed by atoms with van der Waals surface area (Å²) < 4.78 is 24.5. The number of aryl methyl sites for hydroxylation is 1. The van der Waals surface area contributed by atoms with E-state index in [1.807, 2.05) is 0 Å². The molecule has 0 bridgehead atoms. The number of alkyl halides is 2. The predicted octanol–water partition coefficient (Wildman–Crippen LogP) is 3.98. The number of benzene rings is 1. The highest BCUT2D eigenvalue weighted by Gasteiger charge is 2.16. The minimum Gasteiger partial charge on any atom is -0.258 e. The van der Waals surface area contributed by atoms with E-state index < -0.39 is 10.7 Å². The molecule has 0 saturated carbocycles. The molecule has 0 amide bonds. The minimum absolute atomic E-state index is 0.0829. The van der Waals surface area contributed by atoms with E-state index >= 15 is 0 Å². The molecule has 0 fully saturated rings. The Kier molecular flexibility index (Phi) is 4.04. The second-order valence-electron chi connectivity index (χ2n) is 2.70. The molecule has 0 saturated heterocycles. The monoisotopic (exact) mass is 297 g/mol. The molecule has 0 spiro atoms. The molecule has 0 heterocycles. The van der Waals surface area contributed by atoms with Crippen LogP contribution in [0, 0.1) is 17.0 Å². The fraction of sp³-hybridized carbons (Fsp3) is 0.250. The summed E-state index contributed by atoms with van der Waals surface area (Å²) >= 11 is 3.38. The number of halogens is 3. The van der Waals surface area contributed by atoms with Crippen molar-refractivity contribution < 1.29 is 13.7 Å². The number of hydrogen-bond donors (Lipinski definition) is 0. The average Bonchev–Trinajstić information content (AvgIpc) is 2.09. The van der Waals surface area contributed by atoms with Crippen LogP contribution in [0.25, 0.3) is 0 Å². The largest absolute Gasteiger partial charge is 0.288 e. The lowest BCUT2D eigenvalue weighted by Crippen LogP contribution is -1.93. The summed E-state index contributed by atoms with van der Waals surface area (Å²) in [6.45, 7) is 1.51. The van der Waals surface area contributed by atoms with E-state index in [0.29, 0.717) is 26.7 Å². The molecule has 0 radical (unpaired) electrons. The molecule has 1 aromatic rings. The second-order valence-corrected chi connectivity index (χ2v) is 4.59. The molecule has 82 valence electrons. The summed E-state index contributed by atoms with van der Waals surface area (Å²) in [4.78, 5) is 10.3. The van der Waals surface area contributed by atoms with Gasteiger partial charge >= 0.3 is 0 Å². The van der Waals surface area contributed by atoms with Crippen LogP contribution < -0.4 is 0 Å². The maximum atomic E-state index is 12.1. The van der Waals surface area contributed by atoms with Gasteiger partial charge in [0.05, 0.1) is 4.92 Å². The van der Waals surface area contributed by atoms with Gasteiger partial charge in [0.2, 0.25) is 0 Å². The Morgan fingerprint density at radius 3 is 2.60 bits per heavy atom. The van der Waals surface area contributed by atoms with Crippen LogP contribution in [0.4, 0.5) is 14.5 Å². The van der Waals surface area contributed by atoms with Crippen LogP contribution in [-0.4, -0.2) is 10.7 Å². The van der Waals surface area contributed by atoms with Crippen LogP contribution in [0.3, 0.4) is 0 Å². The Morgan fingerprint density at radius 2 is 2.13 bits per heavy atom. The number of hydrogen-bond acceptors (Lipinski definition) is 3. The molecule has 1 rings (SSSR count). The Morgan fingerprint density at radius 1 is 1.53 bits per heavy atom. The first-order chi connectivity index (χ1) is 6.91. The van der Waals surface area contributed by atoms with E-state index in [1.165, 1.54) is 19.1 Å². The molecular formula is C8H6BrF2NO2S. The van der Waals surface area contributed by atoms with Gasteiger partial charge in [0, 0.05) is 21.0 Å². The summed E-state index contributed by atoms with van der Waals surface area (Å²) in [6, 6.07) is 2.61. The van der Waals surface area contributed by atoms with Crippen molar-refractivity contribution in [2.75, 3.05) is 0 Å². The van der Waals surface area contributed by atoms with Gasteiger partial charge < -0.3 is 0 Å². The van der Waals surface area contributed by atoms with Crippen molar-refractivity contribution >= 4 is 33.4 Å². The first kappa shape index (κ1) is 12.4. The van der Waals surface area contributed by atoms with Crippen LogP contribution in [0.1, 0.15) is 5.56 Å². The van der Waals surface area contributed by atoms with Gasteiger partial charge in [-0.2, -0.15) is 8.78 Å². The molecule has 0 N–H and O–H groups in total. The van der Waals surface area contributed by atoms with Gasteiger partial charge in [-0.25, -0.2) is 0 Å². The average molecular weight is 298 g/mol. The van der Waals surface area contributed by atoms with Crippen molar-refractivity contribution in [3.05, 3.63) is 32.3 Å². The highest BCUT2D eigenvalue weighted by Crippen LogP contribution is 2.36. The van der Waals surface area contributed by atoms with Gasteiger partial charge in [-0.3, -0.25) is 10.1 Å². The minimum atomic E-state index is -2.54. The second kappa shape index (κ2) is 4.89. The van der Waals surface area contributed by atoms with Crippen molar-refractivity contribution in [3.63, 3.8) is 0 Å². The van der Waals surface area contributed by atoms with Gasteiger partial charge in [-0.1, -0.05) is 11.8 Å². The van der Waals surface area contributed by atoms with E-state index in [2.05, 4.69) is 15.9 Å². The normalized spacial score (nSPS) is 10.7. The van der Waals surface area contributed by atoms with Crippen LogP contribution in [-0.2, 0) is 0 Å². The molecule has 0 aliphatic carbocycles. The standard InChI is InChI=1S/C8H6BrF2NO2S/c1-4-2-7(15-8(10)11)5(9)3-6(4)12(13)14/h2-3,8H,1H3. The van der Waals surface area contributed by atoms with Crippen LogP contribution in [0.15, 0.2) is 21.5 Å². The van der Waals surface area contributed by atoms with E-state index in [9.17, 15) is 18.9 Å². The number of rotatable bonds is 3. The SMILES string of the molecule is Cc1cc(SC(F)F)c(Br)cc1[N+](=O)[O-]. The van der Waals surface area contributed by atoms with Crippen LogP contribution in [0.2, 0.25) is 0 Å². The van der Waals surface area contributed by atoms with E-state index in [4.69, 9.17) is 0 Å². The van der Waals surface area contributed by atoms with Gasteiger partial charge in [-0.05, 0) is 28.9 Å². The number of nitro groups is 1. The van der Waals surface area contributed by atoms with Gasteiger partial charge in [-0.15, -0.1) is 0 Å². The quantitative estimate of drug-likeness (QED) is 0.481. The summed E-state index contributed by atoms with van der Waals surface area (Å²) in [5, 5.41) is 10.5. The van der Waals surface area contributed by atoms with Gasteiger partial charge in [0.15, 0.2) is 0 Å². The molecular weight excluding hydrogens is 292 g/mol. The summed E-state index contributed by atoms with van der Waals surface area (Å²) in [5.74, 6) is -2.54. The molecule has 0 aliphatic rings. The number of thioether (sulfide) groups is 1. The molecule has 0 aromatic heterocycles. The molecule has 7 heteroatoms.